The Kier molecular flexibility index (Phi) is 4.41. The molecular formula is C18H26N2O. The third kappa shape index (κ3) is 3.19. The van der Waals surface area contributed by atoms with E-state index in [1.54, 1.807) is 0 Å². The highest BCUT2D eigenvalue weighted by molar-refractivity contribution is 5.68. The molecule has 0 radical (unpaired) electrons. The van der Waals surface area contributed by atoms with Gasteiger partial charge in [-0.25, -0.2) is 0 Å². The van der Waals surface area contributed by atoms with Gasteiger partial charge in [-0.2, -0.15) is 0 Å². The lowest BCUT2D eigenvalue weighted by Gasteiger charge is -2.30. The minimum atomic E-state index is -0.388. The maximum atomic E-state index is 11.7. The van der Waals surface area contributed by atoms with Crippen LogP contribution in [-0.2, 0) is 10.2 Å². The number of likely N-dealkylation sites (tertiary alicyclic amines) is 2. The number of carbonyl (C=O) groups excluding carboxylic acids is 1. The van der Waals surface area contributed by atoms with Gasteiger partial charge < -0.3 is 9.69 Å². The van der Waals surface area contributed by atoms with Crippen LogP contribution in [-0.4, -0.2) is 54.9 Å². The van der Waals surface area contributed by atoms with Crippen molar-refractivity contribution in [2.24, 2.45) is 0 Å². The van der Waals surface area contributed by atoms with E-state index in [-0.39, 0.29) is 5.41 Å². The molecule has 0 bridgehead atoms. The molecule has 0 amide bonds. The van der Waals surface area contributed by atoms with E-state index < -0.39 is 0 Å². The van der Waals surface area contributed by atoms with Gasteiger partial charge in [-0.1, -0.05) is 30.3 Å². The van der Waals surface area contributed by atoms with E-state index in [2.05, 4.69) is 28.9 Å². The van der Waals surface area contributed by atoms with Gasteiger partial charge in [0.05, 0.1) is 5.41 Å². The maximum Gasteiger partial charge on any atom is 0.131 e. The first-order chi connectivity index (χ1) is 10.2. The van der Waals surface area contributed by atoms with Crippen LogP contribution >= 0.6 is 0 Å². The van der Waals surface area contributed by atoms with Crippen LogP contribution in [0.2, 0.25) is 0 Å². The molecule has 3 heteroatoms. The molecule has 3 rings (SSSR count). The molecule has 1 aromatic rings. The quantitative estimate of drug-likeness (QED) is 0.776. The first-order valence-corrected chi connectivity index (χ1v) is 8.19. The largest absolute Gasteiger partial charge is 0.302 e. The summed E-state index contributed by atoms with van der Waals surface area (Å²) in [6.07, 6.45) is 5.09. The van der Waals surface area contributed by atoms with Crippen LogP contribution in [0, 0.1) is 0 Å². The number of rotatable bonds is 5. The molecule has 0 saturated carbocycles. The maximum absolute atomic E-state index is 11.7. The van der Waals surface area contributed by atoms with Gasteiger partial charge in [0.15, 0.2) is 0 Å². The van der Waals surface area contributed by atoms with Gasteiger partial charge in [0.25, 0.3) is 0 Å². The van der Waals surface area contributed by atoms with Crippen molar-refractivity contribution in [1.82, 2.24) is 9.80 Å². The summed E-state index contributed by atoms with van der Waals surface area (Å²) in [5, 5.41) is 0. The normalized spacial score (nSPS) is 26.8. The molecule has 2 fully saturated rings. The van der Waals surface area contributed by atoms with Crippen molar-refractivity contribution >= 4 is 6.29 Å². The lowest BCUT2D eigenvalue weighted by Crippen LogP contribution is -2.41. The lowest BCUT2D eigenvalue weighted by molar-refractivity contribution is -0.112. The molecule has 0 spiro atoms. The Morgan fingerprint density at radius 2 is 1.90 bits per heavy atom. The van der Waals surface area contributed by atoms with Crippen molar-refractivity contribution in [2.45, 2.75) is 37.6 Å². The van der Waals surface area contributed by atoms with E-state index in [1.165, 1.54) is 32.4 Å². The summed E-state index contributed by atoms with van der Waals surface area (Å²) >= 11 is 0. The predicted molar refractivity (Wildman–Crippen MR) is 85.5 cm³/mol. The number of hydrogen-bond donors (Lipinski definition) is 0. The highest BCUT2D eigenvalue weighted by Gasteiger charge is 2.34. The summed E-state index contributed by atoms with van der Waals surface area (Å²) in [6, 6.07) is 10.9. The topological polar surface area (TPSA) is 23.6 Å². The Balaban J connectivity index is 1.64. The van der Waals surface area contributed by atoms with Gasteiger partial charge in [-0.05, 0) is 51.4 Å². The molecule has 2 aliphatic rings. The zero-order chi connectivity index (χ0) is 14.7. The molecule has 21 heavy (non-hydrogen) atoms. The zero-order valence-corrected chi connectivity index (χ0v) is 13.0. The third-order valence-electron chi connectivity index (χ3n) is 5.15. The monoisotopic (exact) mass is 286 g/mol. The number of carbonyl (C=O) groups is 1. The van der Waals surface area contributed by atoms with Crippen LogP contribution in [0.1, 0.15) is 31.7 Å². The third-order valence-corrected chi connectivity index (χ3v) is 5.15. The summed E-state index contributed by atoms with van der Waals surface area (Å²) in [4.78, 5) is 16.8. The Bertz CT molecular complexity index is 469. The van der Waals surface area contributed by atoms with Crippen molar-refractivity contribution in [2.75, 3.05) is 32.7 Å². The summed E-state index contributed by atoms with van der Waals surface area (Å²) in [6.45, 7) is 7.68. The second-order valence-corrected chi connectivity index (χ2v) is 6.82. The minimum Gasteiger partial charge on any atom is -0.302 e. The van der Waals surface area contributed by atoms with E-state index in [1.807, 2.05) is 18.2 Å². The number of aldehydes is 1. The fourth-order valence-corrected chi connectivity index (χ4v) is 3.84. The van der Waals surface area contributed by atoms with E-state index >= 15 is 0 Å². The van der Waals surface area contributed by atoms with E-state index in [4.69, 9.17) is 0 Å². The SMILES string of the molecule is CC(C=O)(CN1CCC(N2CCCC2)C1)c1ccccc1. The van der Waals surface area contributed by atoms with Crippen LogP contribution in [0.4, 0.5) is 0 Å². The number of benzene rings is 1. The van der Waals surface area contributed by atoms with E-state index in [0.717, 1.165) is 31.5 Å². The Morgan fingerprint density at radius 3 is 2.57 bits per heavy atom. The van der Waals surface area contributed by atoms with Gasteiger partial charge in [0, 0.05) is 19.1 Å². The van der Waals surface area contributed by atoms with E-state index in [0.29, 0.717) is 6.04 Å². The minimum absolute atomic E-state index is 0.388. The van der Waals surface area contributed by atoms with Gasteiger partial charge in [-0.3, -0.25) is 4.90 Å². The highest BCUT2D eigenvalue weighted by Crippen LogP contribution is 2.26. The van der Waals surface area contributed by atoms with Crippen LogP contribution < -0.4 is 0 Å². The van der Waals surface area contributed by atoms with Crippen molar-refractivity contribution in [3.63, 3.8) is 0 Å². The second-order valence-electron chi connectivity index (χ2n) is 6.82. The smallest absolute Gasteiger partial charge is 0.131 e. The van der Waals surface area contributed by atoms with Crippen molar-refractivity contribution in [3.05, 3.63) is 35.9 Å². The molecule has 1 aromatic carbocycles. The summed E-state index contributed by atoms with van der Waals surface area (Å²) < 4.78 is 0. The molecule has 2 aliphatic heterocycles. The van der Waals surface area contributed by atoms with Crippen LogP contribution in [0.3, 0.4) is 0 Å². The Morgan fingerprint density at radius 1 is 1.19 bits per heavy atom. The lowest BCUT2D eigenvalue weighted by atomic mass is 9.83. The zero-order valence-electron chi connectivity index (χ0n) is 13.0. The highest BCUT2D eigenvalue weighted by atomic mass is 16.1. The van der Waals surface area contributed by atoms with Gasteiger partial charge in [-0.15, -0.1) is 0 Å². The molecule has 2 atom stereocenters. The molecule has 2 heterocycles. The first-order valence-electron chi connectivity index (χ1n) is 8.19. The summed E-state index contributed by atoms with van der Waals surface area (Å²) in [5.74, 6) is 0. The van der Waals surface area contributed by atoms with Gasteiger partial charge in [0.2, 0.25) is 0 Å². The van der Waals surface area contributed by atoms with Crippen LogP contribution in [0.25, 0.3) is 0 Å². The standard InChI is InChI=1S/C18H26N2O/c1-18(15-21,16-7-3-2-4-8-16)14-19-12-9-17(13-19)20-10-5-6-11-20/h2-4,7-8,15,17H,5-6,9-14H2,1H3. The molecule has 3 nitrogen and oxygen atoms in total. The molecule has 114 valence electrons. The second kappa shape index (κ2) is 6.29. The molecular weight excluding hydrogens is 260 g/mol. The number of nitrogens with zero attached hydrogens (tertiary/aromatic N) is 2. The summed E-state index contributed by atoms with van der Waals surface area (Å²) in [5.41, 5.74) is 0.742. The fourth-order valence-electron chi connectivity index (χ4n) is 3.84. The molecule has 2 unspecified atom stereocenters. The van der Waals surface area contributed by atoms with Crippen LogP contribution in [0.5, 0.6) is 0 Å². The van der Waals surface area contributed by atoms with Crippen LogP contribution in [0.15, 0.2) is 30.3 Å². The van der Waals surface area contributed by atoms with Gasteiger partial charge >= 0.3 is 0 Å². The number of hydrogen-bond acceptors (Lipinski definition) is 3. The average molecular weight is 286 g/mol. The average Bonchev–Trinajstić information content (AvgIpc) is 3.19. The molecule has 0 aliphatic carbocycles. The van der Waals surface area contributed by atoms with Crippen molar-refractivity contribution < 1.29 is 4.79 Å². The molecule has 2 saturated heterocycles. The van der Waals surface area contributed by atoms with Crippen molar-refractivity contribution in [1.29, 1.82) is 0 Å². The molecule has 0 aromatic heterocycles. The Labute approximate surface area is 127 Å². The predicted octanol–water partition coefficient (Wildman–Crippen LogP) is 2.31. The van der Waals surface area contributed by atoms with Gasteiger partial charge in [0.1, 0.15) is 6.29 Å². The Hall–Kier alpha value is -1.19. The van der Waals surface area contributed by atoms with E-state index in [9.17, 15) is 4.79 Å². The fraction of sp³-hybridized carbons (Fsp3) is 0.611. The van der Waals surface area contributed by atoms with Crippen molar-refractivity contribution in [3.8, 4) is 0 Å². The summed E-state index contributed by atoms with van der Waals surface area (Å²) in [7, 11) is 0. The first kappa shape index (κ1) is 14.7. The molecule has 0 N–H and O–H groups in total.